The zero-order valence-corrected chi connectivity index (χ0v) is 17.1. The highest BCUT2D eigenvalue weighted by Gasteiger charge is 2.09. The zero-order valence-electron chi connectivity index (χ0n) is 15.5. The van der Waals surface area contributed by atoms with Crippen molar-refractivity contribution in [1.82, 2.24) is 5.43 Å². The number of nitrogens with one attached hydrogen (secondary N) is 2. The van der Waals surface area contributed by atoms with Crippen LogP contribution in [0.4, 0.5) is 5.69 Å². The molecule has 0 unspecified atom stereocenters. The van der Waals surface area contributed by atoms with E-state index in [9.17, 15) is 4.79 Å². The van der Waals surface area contributed by atoms with Crippen molar-refractivity contribution in [3.05, 3.63) is 64.6 Å². The second-order valence-corrected chi connectivity index (χ2v) is 6.77. The van der Waals surface area contributed by atoms with Crippen molar-refractivity contribution in [2.45, 2.75) is 0 Å². The maximum atomic E-state index is 12.1. The topological polar surface area (TPSA) is 72.0 Å². The van der Waals surface area contributed by atoms with E-state index in [1.807, 2.05) is 48.5 Å². The number of carbonyl (C=O) groups excluding carboxylic acids is 1. The highest BCUT2D eigenvalue weighted by atomic mass is 79.9. The Hall–Kier alpha value is -3.06. The number of anilines is 1. The van der Waals surface area contributed by atoms with Crippen LogP contribution < -0.4 is 20.2 Å². The molecule has 3 aromatic rings. The molecule has 0 fully saturated rings. The van der Waals surface area contributed by atoms with Crippen molar-refractivity contribution in [3.8, 4) is 11.5 Å². The molecule has 0 atom stereocenters. The van der Waals surface area contributed by atoms with Crippen molar-refractivity contribution < 1.29 is 14.3 Å². The highest BCUT2D eigenvalue weighted by molar-refractivity contribution is 9.10. The van der Waals surface area contributed by atoms with Crippen LogP contribution in [0.5, 0.6) is 11.5 Å². The molecule has 7 heteroatoms. The van der Waals surface area contributed by atoms with E-state index in [4.69, 9.17) is 9.47 Å². The predicted octanol–water partition coefficient (Wildman–Crippen LogP) is 4.18. The van der Waals surface area contributed by atoms with Crippen molar-refractivity contribution in [2.24, 2.45) is 5.10 Å². The van der Waals surface area contributed by atoms with Crippen LogP contribution in [0.2, 0.25) is 0 Å². The summed E-state index contributed by atoms with van der Waals surface area (Å²) in [4.78, 5) is 12.1. The van der Waals surface area contributed by atoms with Gasteiger partial charge < -0.3 is 14.8 Å². The van der Waals surface area contributed by atoms with Crippen LogP contribution in [-0.4, -0.2) is 32.9 Å². The number of amides is 1. The molecule has 0 bridgehead atoms. The number of hydrogen-bond donors (Lipinski definition) is 2. The fourth-order valence-corrected chi connectivity index (χ4v) is 3.41. The second-order valence-electron chi connectivity index (χ2n) is 5.91. The molecule has 0 radical (unpaired) electrons. The summed E-state index contributed by atoms with van der Waals surface area (Å²) in [5.74, 6) is 0.925. The number of halogens is 1. The Kier molecular flexibility index (Phi) is 6.49. The fraction of sp³-hybridized carbons (Fsp3) is 0.143. The number of carbonyl (C=O) groups is 1. The van der Waals surface area contributed by atoms with E-state index in [1.165, 1.54) is 0 Å². The van der Waals surface area contributed by atoms with Gasteiger partial charge in [-0.1, -0.05) is 36.4 Å². The van der Waals surface area contributed by atoms with Crippen LogP contribution in [-0.2, 0) is 4.79 Å². The van der Waals surface area contributed by atoms with E-state index in [-0.39, 0.29) is 12.5 Å². The Morgan fingerprint density at radius 3 is 2.68 bits per heavy atom. The molecule has 0 aromatic heterocycles. The van der Waals surface area contributed by atoms with E-state index < -0.39 is 0 Å². The first-order valence-electron chi connectivity index (χ1n) is 8.57. The summed E-state index contributed by atoms with van der Waals surface area (Å²) in [6.07, 6.45) is 1.54. The number of ether oxygens (including phenoxy) is 2. The molecule has 3 rings (SSSR count). The van der Waals surface area contributed by atoms with Gasteiger partial charge in [-0.05, 0) is 45.1 Å². The minimum Gasteiger partial charge on any atom is -0.493 e. The second kappa shape index (κ2) is 9.23. The third kappa shape index (κ3) is 4.61. The average molecular weight is 442 g/mol. The van der Waals surface area contributed by atoms with Gasteiger partial charge in [-0.25, -0.2) is 5.43 Å². The summed E-state index contributed by atoms with van der Waals surface area (Å²) in [7, 11) is 3.13. The molecule has 0 saturated carbocycles. The number of nitrogens with zero attached hydrogens (tertiary/aromatic N) is 1. The number of methoxy groups -OCH3 is 2. The van der Waals surface area contributed by atoms with Crippen LogP contribution in [0.1, 0.15) is 5.56 Å². The van der Waals surface area contributed by atoms with E-state index >= 15 is 0 Å². The fourth-order valence-electron chi connectivity index (χ4n) is 2.79. The number of rotatable bonds is 7. The Labute approximate surface area is 171 Å². The van der Waals surface area contributed by atoms with Crippen molar-refractivity contribution in [1.29, 1.82) is 0 Å². The molecule has 0 aliphatic heterocycles. The molecule has 144 valence electrons. The standard InChI is InChI=1S/C21H20BrN3O3/c1-27-19-11-14(10-17(22)21(19)28-2)12-24-25-20(26)13-23-18-9-5-7-15-6-3-4-8-16(15)18/h3-12,23H,13H2,1-2H3,(H,25,26). The maximum Gasteiger partial charge on any atom is 0.259 e. The molecule has 2 N–H and O–H groups in total. The molecule has 0 aliphatic rings. The number of fused-ring (bicyclic) bond motifs is 1. The van der Waals surface area contributed by atoms with Gasteiger partial charge in [-0.2, -0.15) is 5.10 Å². The lowest BCUT2D eigenvalue weighted by Gasteiger charge is -2.10. The molecule has 0 saturated heterocycles. The lowest BCUT2D eigenvalue weighted by atomic mass is 10.1. The summed E-state index contributed by atoms with van der Waals surface area (Å²) in [5.41, 5.74) is 4.18. The van der Waals surface area contributed by atoms with E-state index in [0.29, 0.717) is 11.5 Å². The average Bonchev–Trinajstić information content (AvgIpc) is 2.71. The first-order valence-corrected chi connectivity index (χ1v) is 9.36. The predicted molar refractivity (Wildman–Crippen MR) is 115 cm³/mol. The van der Waals surface area contributed by atoms with Gasteiger partial charge >= 0.3 is 0 Å². The van der Waals surface area contributed by atoms with Gasteiger partial charge in [0.15, 0.2) is 11.5 Å². The van der Waals surface area contributed by atoms with Crippen LogP contribution in [0.15, 0.2) is 64.2 Å². The Bertz CT molecular complexity index is 1020. The van der Waals surface area contributed by atoms with Gasteiger partial charge in [0.1, 0.15) is 0 Å². The summed E-state index contributed by atoms with van der Waals surface area (Å²) in [6.45, 7) is 0.112. The first-order chi connectivity index (χ1) is 13.6. The third-order valence-corrected chi connectivity index (χ3v) is 4.68. The molecule has 0 spiro atoms. The molecular formula is C21H20BrN3O3. The summed E-state index contributed by atoms with van der Waals surface area (Å²) >= 11 is 3.43. The van der Waals surface area contributed by atoms with Crippen LogP contribution >= 0.6 is 15.9 Å². The molecule has 28 heavy (non-hydrogen) atoms. The van der Waals surface area contributed by atoms with Crippen LogP contribution in [0.3, 0.4) is 0 Å². The normalized spacial score (nSPS) is 10.8. The van der Waals surface area contributed by atoms with Gasteiger partial charge in [0, 0.05) is 11.1 Å². The molecule has 6 nitrogen and oxygen atoms in total. The molecule has 0 aliphatic carbocycles. The Balaban J connectivity index is 1.60. The quantitative estimate of drug-likeness (QED) is 0.426. The summed E-state index contributed by atoms with van der Waals surface area (Å²) in [6, 6.07) is 17.5. The number of benzene rings is 3. The minimum absolute atomic E-state index is 0.112. The summed E-state index contributed by atoms with van der Waals surface area (Å²) < 4.78 is 11.3. The third-order valence-electron chi connectivity index (χ3n) is 4.09. The number of hydrazone groups is 1. The SMILES string of the molecule is COc1cc(C=NNC(=O)CNc2cccc3ccccc23)cc(Br)c1OC. The lowest BCUT2D eigenvalue weighted by Crippen LogP contribution is -2.25. The summed E-state index contributed by atoms with van der Waals surface area (Å²) in [5, 5.41) is 9.34. The Morgan fingerprint density at radius 2 is 1.89 bits per heavy atom. The molecule has 1 amide bonds. The van der Waals surface area contributed by atoms with E-state index in [2.05, 4.69) is 31.8 Å². The first kappa shape index (κ1) is 19.7. The van der Waals surface area contributed by atoms with Gasteiger partial charge in [0.2, 0.25) is 0 Å². The highest BCUT2D eigenvalue weighted by Crippen LogP contribution is 2.35. The van der Waals surface area contributed by atoms with Gasteiger partial charge in [0.25, 0.3) is 5.91 Å². The van der Waals surface area contributed by atoms with Gasteiger partial charge in [0.05, 0.1) is 31.5 Å². The zero-order chi connectivity index (χ0) is 19.9. The van der Waals surface area contributed by atoms with Crippen molar-refractivity contribution in [2.75, 3.05) is 26.1 Å². The smallest absolute Gasteiger partial charge is 0.259 e. The van der Waals surface area contributed by atoms with Crippen LogP contribution in [0, 0.1) is 0 Å². The maximum absolute atomic E-state index is 12.1. The van der Waals surface area contributed by atoms with Crippen LogP contribution in [0.25, 0.3) is 10.8 Å². The lowest BCUT2D eigenvalue weighted by molar-refractivity contribution is -0.119. The van der Waals surface area contributed by atoms with E-state index in [1.54, 1.807) is 26.5 Å². The van der Waals surface area contributed by atoms with Gasteiger partial charge in [-0.3, -0.25) is 4.79 Å². The molecular weight excluding hydrogens is 422 g/mol. The molecule has 0 heterocycles. The minimum atomic E-state index is -0.247. The molecule has 3 aromatic carbocycles. The Morgan fingerprint density at radius 1 is 1.11 bits per heavy atom. The van der Waals surface area contributed by atoms with Gasteiger partial charge in [-0.15, -0.1) is 0 Å². The number of hydrogen-bond acceptors (Lipinski definition) is 5. The largest absolute Gasteiger partial charge is 0.493 e. The van der Waals surface area contributed by atoms with E-state index in [0.717, 1.165) is 26.5 Å². The van der Waals surface area contributed by atoms with Crippen molar-refractivity contribution in [3.63, 3.8) is 0 Å². The monoisotopic (exact) mass is 441 g/mol. The van der Waals surface area contributed by atoms with Crippen molar-refractivity contribution >= 4 is 44.5 Å².